The highest BCUT2D eigenvalue weighted by atomic mass is 16.4. The van der Waals surface area contributed by atoms with Crippen molar-refractivity contribution < 1.29 is 19.5 Å². The van der Waals surface area contributed by atoms with Gasteiger partial charge in [0.15, 0.2) is 0 Å². The third-order valence-corrected chi connectivity index (χ3v) is 3.64. The lowest BCUT2D eigenvalue weighted by Crippen LogP contribution is -2.49. The molecule has 1 rings (SSSR count). The van der Waals surface area contributed by atoms with Crippen LogP contribution in [0.4, 0.5) is 0 Å². The van der Waals surface area contributed by atoms with Gasteiger partial charge in [0.25, 0.3) is 0 Å². The molecule has 0 spiro atoms. The van der Waals surface area contributed by atoms with Gasteiger partial charge in [0.2, 0.25) is 11.8 Å². The summed E-state index contributed by atoms with van der Waals surface area (Å²) in [6, 6.07) is -0.638. The molecule has 0 bridgehead atoms. The Hall–Kier alpha value is -1.59. The summed E-state index contributed by atoms with van der Waals surface area (Å²) in [6.45, 7) is 9.42. The lowest BCUT2D eigenvalue weighted by atomic mass is 9.95. The van der Waals surface area contributed by atoms with Gasteiger partial charge in [0, 0.05) is 18.5 Å². The van der Waals surface area contributed by atoms with E-state index < -0.39 is 23.3 Å². The molecular weight excluding hydrogens is 260 g/mol. The zero-order chi connectivity index (χ0) is 15.7. The number of carbonyl (C=O) groups excluding carboxylic acids is 2. The van der Waals surface area contributed by atoms with Crippen LogP contribution in [0.25, 0.3) is 0 Å². The fourth-order valence-electron chi connectivity index (χ4n) is 2.22. The van der Waals surface area contributed by atoms with E-state index in [0.29, 0.717) is 6.54 Å². The molecule has 0 saturated carbocycles. The van der Waals surface area contributed by atoms with Crippen LogP contribution in [0.3, 0.4) is 0 Å². The molecule has 0 aromatic carbocycles. The van der Waals surface area contributed by atoms with Crippen molar-refractivity contribution in [1.29, 1.82) is 0 Å². The maximum absolute atomic E-state index is 12.2. The van der Waals surface area contributed by atoms with Gasteiger partial charge in [0.1, 0.15) is 6.04 Å². The van der Waals surface area contributed by atoms with E-state index in [2.05, 4.69) is 5.32 Å². The molecule has 1 unspecified atom stereocenters. The van der Waals surface area contributed by atoms with Crippen LogP contribution in [-0.4, -0.2) is 46.9 Å². The summed E-state index contributed by atoms with van der Waals surface area (Å²) in [5.74, 6) is -1.89. The molecule has 0 aromatic rings. The molecule has 1 fully saturated rings. The van der Waals surface area contributed by atoms with Crippen LogP contribution in [0, 0.1) is 17.3 Å². The highest BCUT2D eigenvalue weighted by Gasteiger charge is 2.38. The number of hydrogen-bond donors (Lipinski definition) is 2. The van der Waals surface area contributed by atoms with E-state index >= 15 is 0 Å². The van der Waals surface area contributed by atoms with Gasteiger partial charge in [-0.2, -0.15) is 0 Å². The monoisotopic (exact) mass is 284 g/mol. The predicted octanol–water partition coefficient (Wildman–Crippen LogP) is 0.716. The van der Waals surface area contributed by atoms with E-state index in [0.717, 1.165) is 0 Å². The number of nitrogens with zero attached hydrogens (tertiary/aromatic N) is 1. The van der Waals surface area contributed by atoms with E-state index in [9.17, 15) is 14.4 Å². The van der Waals surface area contributed by atoms with Crippen molar-refractivity contribution in [2.45, 2.75) is 40.7 Å². The minimum atomic E-state index is -0.876. The zero-order valence-corrected chi connectivity index (χ0v) is 12.8. The van der Waals surface area contributed by atoms with Gasteiger partial charge in [-0.05, 0) is 12.8 Å². The average molecular weight is 284 g/mol. The number of rotatable bonds is 3. The normalized spacial score (nSPS) is 24.4. The quantitative estimate of drug-likeness (QED) is 0.799. The largest absolute Gasteiger partial charge is 0.481 e. The second kappa shape index (κ2) is 5.81. The molecule has 2 N–H and O–H groups in total. The van der Waals surface area contributed by atoms with Crippen molar-refractivity contribution in [2.24, 2.45) is 17.3 Å². The Balaban J connectivity index is 2.63. The summed E-state index contributed by atoms with van der Waals surface area (Å²) < 4.78 is 0. The van der Waals surface area contributed by atoms with Gasteiger partial charge in [-0.3, -0.25) is 14.4 Å². The fraction of sp³-hybridized carbons (Fsp3) is 0.786. The van der Waals surface area contributed by atoms with Gasteiger partial charge in [-0.15, -0.1) is 0 Å². The summed E-state index contributed by atoms with van der Waals surface area (Å²) in [6.07, 6.45) is 0. The van der Waals surface area contributed by atoms with Gasteiger partial charge in [-0.25, -0.2) is 0 Å². The molecule has 0 aromatic heterocycles. The summed E-state index contributed by atoms with van der Waals surface area (Å²) in [5, 5.41) is 11.7. The molecule has 3 atom stereocenters. The molecule has 20 heavy (non-hydrogen) atoms. The number of carbonyl (C=O) groups is 3. The first-order valence-corrected chi connectivity index (χ1v) is 6.86. The number of nitrogens with one attached hydrogen (secondary N) is 1. The number of hydrogen-bond acceptors (Lipinski definition) is 3. The van der Waals surface area contributed by atoms with Crippen LogP contribution in [-0.2, 0) is 14.4 Å². The van der Waals surface area contributed by atoms with Crippen molar-refractivity contribution in [3.63, 3.8) is 0 Å². The van der Waals surface area contributed by atoms with Crippen LogP contribution < -0.4 is 5.32 Å². The van der Waals surface area contributed by atoms with Crippen molar-refractivity contribution in [3.8, 4) is 0 Å². The minimum Gasteiger partial charge on any atom is -0.481 e. The maximum Gasteiger partial charge on any atom is 0.308 e. The van der Waals surface area contributed by atoms with Crippen LogP contribution >= 0.6 is 0 Å². The van der Waals surface area contributed by atoms with Gasteiger partial charge in [0.05, 0.1) is 5.92 Å². The molecule has 1 aliphatic heterocycles. The second-order valence-electron chi connectivity index (χ2n) is 6.61. The van der Waals surface area contributed by atoms with Crippen molar-refractivity contribution >= 4 is 17.8 Å². The summed E-state index contributed by atoms with van der Waals surface area (Å²) in [4.78, 5) is 36.7. The Labute approximate surface area is 119 Å². The molecular formula is C14H24N2O4. The molecule has 1 saturated heterocycles. The second-order valence-corrected chi connectivity index (χ2v) is 6.61. The molecule has 0 aliphatic carbocycles. The Morgan fingerprint density at radius 1 is 1.25 bits per heavy atom. The SMILES string of the molecule is CC(NC(=O)C(C)(C)C)C(=O)N1C[C@@H](C)[C@H](C(=O)O)C1. The Morgan fingerprint density at radius 2 is 1.80 bits per heavy atom. The van der Waals surface area contributed by atoms with Gasteiger partial charge < -0.3 is 15.3 Å². The standard InChI is InChI=1S/C14H24N2O4/c1-8-6-16(7-10(8)12(18)19)11(17)9(2)15-13(20)14(3,4)5/h8-10H,6-7H2,1-5H3,(H,15,20)(H,18,19)/t8-,9?,10-/m1/s1. The Kier molecular flexibility index (Phi) is 4.78. The van der Waals surface area contributed by atoms with E-state index in [4.69, 9.17) is 5.11 Å². The van der Waals surface area contributed by atoms with Crippen molar-refractivity contribution in [2.75, 3.05) is 13.1 Å². The van der Waals surface area contributed by atoms with Crippen molar-refractivity contribution in [1.82, 2.24) is 10.2 Å². The molecule has 6 heteroatoms. The number of likely N-dealkylation sites (tertiary alicyclic amines) is 1. The first-order valence-electron chi connectivity index (χ1n) is 6.86. The number of carboxylic acid groups (broad SMARTS) is 1. The van der Waals surface area contributed by atoms with Crippen LogP contribution in [0.2, 0.25) is 0 Å². The topological polar surface area (TPSA) is 86.7 Å². The van der Waals surface area contributed by atoms with E-state index in [1.807, 2.05) is 6.92 Å². The van der Waals surface area contributed by atoms with Crippen LogP contribution in [0.1, 0.15) is 34.6 Å². The third-order valence-electron chi connectivity index (χ3n) is 3.64. The number of amides is 2. The van der Waals surface area contributed by atoms with E-state index in [1.54, 1.807) is 27.7 Å². The van der Waals surface area contributed by atoms with Crippen LogP contribution in [0.15, 0.2) is 0 Å². The van der Waals surface area contributed by atoms with Gasteiger partial charge >= 0.3 is 5.97 Å². The first-order chi connectivity index (χ1) is 9.04. The molecule has 6 nitrogen and oxygen atoms in total. The fourth-order valence-corrected chi connectivity index (χ4v) is 2.22. The highest BCUT2D eigenvalue weighted by Crippen LogP contribution is 2.23. The minimum absolute atomic E-state index is 0.0676. The number of aliphatic carboxylic acids is 1. The summed E-state index contributed by atoms with van der Waals surface area (Å²) >= 11 is 0. The Morgan fingerprint density at radius 3 is 2.20 bits per heavy atom. The number of carboxylic acids is 1. The first kappa shape index (κ1) is 16.5. The summed E-state index contributed by atoms with van der Waals surface area (Å²) in [5.41, 5.74) is -0.559. The molecule has 0 radical (unpaired) electrons. The van der Waals surface area contributed by atoms with Crippen molar-refractivity contribution in [3.05, 3.63) is 0 Å². The predicted molar refractivity (Wildman–Crippen MR) is 73.9 cm³/mol. The zero-order valence-electron chi connectivity index (χ0n) is 12.8. The van der Waals surface area contributed by atoms with E-state index in [-0.39, 0.29) is 24.3 Å². The van der Waals surface area contributed by atoms with E-state index in [1.165, 1.54) is 4.90 Å². The molecule has 2 amide bonds. The Bertz CT molecular complexity index is 414. The van der Waals surface area contributed by atoms with Gasteiger partial charge in [-0.1, -0.05) is 27.7 Å². The highest BCUT2D eigenvalue weighted by molar-refractivity contribution is 5.89. The molecule has 1 heterocycles. The maximum atomic E-state index is 12.2. The lowest BCUT2D eigenvalue weighted by molar-refractivity contribution is -0.142. The average Bonchev–Trinajstić information content (AvgIpc) is 2.68. The molecule has 114 valence electrons. The van der Waals surface area contributed by atoms with Crippen LogP contribution in [0.5, 0.6) is 0 Å². The lowest BCUT2D eigenvalue weighted by Gasteiger charge is -2.25. The molecule has 1 aliphatic rings. The third kappa shape index (κ3) is 3.71. The smallest absolute Gasteiger partial charge is 0.308 e. The summed E-state index contributed by atoms with van der Waals surface area (Å²) in [7, 11) is 0.